The minimum absolute atomic E-state index is 0.0711. The van der Waals surface area contributed by atoms with Gasteiger partial charge in [0.2, 0.25) is 0 Å². The molecule has 2 aromatic rings. The van der Waals surface area contributed by atoms with Crippen molar-refractivity contribution in [2.24, 2.45) is 0 Å². The van der Waals surface area contributed by atoms with Gasteiger partial charge in [-0.25, -0.2) is 4.98 Å². The molecule has 1 aromatic heterocycles. The second-order valence-corrected chi connectivity index (χ2v) is 6.07. The molecule has 0 fully saturated rings. The van der Waals surface area contributed by atoms with Crippen LogP contribution in [0, 0.1) is 0 Å². The first-order chi connectivity index (χ1) is 9.35. The lowest BCUT2D eigenvalue weighted by Gasteiger charge is -2.25. The van der Waals surface area contributed by atoms with Crippen LogP contribution < -0.4 is 0 Å². The average Bonchev–Trinajstić information content (AvgIpc) is 2.88. The predicted octanol–water partition coefficient (Wildman–Crippen LogP) is 2.24. The molecule has 0 saturated carbocycles. The number of aliphatic hydroxyl groups excluding tert-OH is 1. The quantitative estimate of drug-likeness (QED) is 0.929. The van der Waals surface area contributed by atoms with Crippen LogP contribution in [0.25, 0.3) is 0 Å². The van der Waals surface area contributed by atoms with Crippen LogP contribution in [0.5, 0.6) is 0 Å². The predicted molar refractivity (Wildman–Crippen MR) is 77.2 cm³/mol. The minimum atomic E-state index is 0.0711. The number of thiazole rings is 1. The van der Waals surface area contributed by atoms with Gasteiger partial charge in [-0.3, -0.25) is 4.90 Å². The number of fused-ring (bicyclic) bond motifs is 1. The molecular weight excluding hydrogens is 256 g/mol. The van der Waals surface area contributed by atoms with Gasteiger partial charge >= 0.3 is 0 Å². The lowest BCUT2D eigenvalue weighted by molar-refractivity contribution is 0.258. The van der Waals surface area contributed by atoms with E-state index in [9.17, 15) is 0 Å². The topological polar surface area (TPSA) is 36.4 Å². The molecule has 0 atom stereocenters. The zero-order valence-electron chi connectivity index (χ0n) is 10.9. The van der Waals surface area contributed by atoms with E-state index in [1.807, 2.05) is 0 Å². The van der Waals surface area contributed by atoms with Gasteiger partial charge in [0.15, 0.2) is 0 Å². The van der Waals surface area contributed by atoms with Crippen molar-refractivity contribution in [2.75, 3.05) is 13.1 Å². The molecule has 1 aliphatic rings. The SMILES string of the molecule is OCc1nc2c(s1)CN(CCc1ccccc1)CC2. The largest absolute Gasteiger partial charge is 0.389 e. The van der Waals surface area contributed by atoms with Crippen LogP contribution in [0.15, 0.2) is 30.3 Å². The lowest BCUT2D eigenvalue weighted by atomic mass is 10.1. The van der Waals surface area contributed by atoms with Crippen molar-refractivity contribution in [3.05, 3.63) is 51.5 Å². The average molecular weight is 274 g/mol. The van der Waals surface area contributed by atoms with Gasteiger partial charge in [-0.15, -0.1) is 11.3 Å². The number of nitrogens with zero attached hydrogens (tertiary/aromatic N) is 2. The molecule has 100 valence electrons. The fraction of sp³-hybridized carbons (Fsp3) is 0.400. The number of aromatic nitrogens is 1. The summed E-state index contributed by atoms with van der Waals surface area (Å²) in [5.74, 6) is 0. The Balaban J connectivity index is 1.59. The maximum absolute atomic E-state index is 9.14. The maximum Gasteiger partial charge on any atom is 0.119 e. The molecule has 0 saturated heterocycles. The molecular formula is C15H18N2OS. The Morgan fingerprint density at radius 3 is 2.89 bits per heavy atom. The highest BCUT2D eigenvalue weighted by molar-refractivity contribution is 7.11. The summed E-state index contributed by atoms with van der Waals surface area (Å²) in [4.78, 5) is 8.28. The summed E-state index contributed by atoms with van der Waals surface area (Å²) >= 11 is 1.66. The third-order valence-electron chi connectivity index (χ3n) is 3.55. The molecule has 3 rings (SSSR count). The molecule has 0 unspecified atom stereocenters. The van der Waals surface area contributed by atoms with Gasteiger partial charge in [-0.05, 0) is 12.0 Å². The molecule has 19 heavy (non-hydrogen) atoms. The highest BCUT2D eigenvalue weighted by atomic mass is 32.1. The molecule has 0 radical (unpaired) electrons. The van der Waals surface area contributed by atoms with Crippen LogP contribution in [0.4, 0.5) is 0 Å². The fourth-order valence-electron chi connectivity index (χ4n) is 2.49. The van der Waals surface area contributed by atoms with Crippen molar-refractivity contribution in [3.8, 4) is 0 Å². The molecule has 2 heterocycles. The Kier molecular flexibility index (Phi) is 3.92. The van der Waals surface area contributed by atoms with Gasteiger partial charge < -0.3 is 5.11 Å². The van der Waals surface area contributed by atoms with Crippen molar-refractivity contribution >= 4 is 11.3 Å². The number of hydrogen-bond donors (Lipinski definition) is 1. The third kappa shape index (κ3) is 3.03. The van der Waals surface area contributed by atoms with Gasteiger partial charge in [0.05, 0.1) is 12.3 Å². The number of rotatable bonds is 4. The van der Waals surface area contributed by atoms with Gasteiger partial charge in [0.25, 0.3) is 0 Å². The smallest absolute Gasteiger partial charge is 0.119 e. The highest BCUT2D eigenvalue weighted by Gasteiger charge is 2.20. The number of aliphatic hydroxyl groups is 1. The zero-order valence-corrected chi connectivity index (χ0v) is 11.7. The summed E-state index contributed by atoms with van der Waals surface area (Å²) in [7, 11) is 0. The van der Waals surface area contributed by atoms with Crippen molar-refractivity contribution in [3.63, 3.8) is 0 Å². The number of hydrogen-bond acceptors (Lipinski definition) is 4. The lowest BCUT2D eigenvalue weighted by Crippen LogP contribution is -2.31. The van der Waals surface area contributed by atoms with Crippen molar-refractivity contribution in [2.45, 2.75) is 26.0 Å². The molecule has 0 aliphatic carbocycles. The Morgan fingerprint density at radius 1 is 1.26 bits per heavy atom. The van der Waals surface area contributed by atoms with E-state index in [0.29, 0.717) is 0 Å². The van der Waals surface area contributed by atoms with Crippen molar-refractivity contribution in [1.82, 2.24) is 9.88 Å². The van der Waals surface area contributed by atoms with Crippen LogP contribution >= 0.6 is 11.3 Å². The second-order valence-electron chi connectivity index (χ2n) is 4.90. The molecule has 1 aromatic carbocycles. The maximum atomic E-state index is 9.14. The van der Waals surface area contributed by atoms with Crippen LogP contribution in [0.3, 0.4) is 0 Å². The summed E-state index contributed by atoms with van der Waals surface area (Å²) in [6, 6.07) is 10.6. The Hall–Kier alpha value is -1.23. The summed E-state index contributed by atoms with van der Waals surface area (Å²) < 4.78 is 0. The van der Waals surface area contributed by atoms with Crippen LogP contribution in [0.1, 0.15) is 21.1 Å². The van der Waals surface area contributed by atoms with Gasteiger partial charge in [0.1, 0.15) is 5.01 Å². The highest BCUT2D eigenvalue weighted by Crippen LogP contribution is 2.25. The van der Waals surface area contributed by atoms with E-state index in [0.717, 1.165) is 37.5 Å². The Morgan fingerprint density at radius 2 is 2.11 bits per heavy atom. The molecule has 3 nitrogen and oxygen atoms in total. The molecule has 1 N–H and O–H groups in total. The fourth-order valence-corrected chi connectivity index (χ4v) is 3.51. The summed E-state index contributed by atoms with van der Waals surface area (Å²) in [6.07, 6.45) is 2.11. The van der Waals surface area contributed by atoms with Gasteiger partial charge in [0, 0.05) is 30.9 Å². The van der Waals surface area contributed by atoms with Gasteiger partial charge in [-0.1, -0.05) is 30.3 Å². The minimum Gasteiger partial charge on any atom is -0.389 e. The van der Waals surface area contributed by atoms with Crippen molar-refractivity contribution < 1.29 is 5.11 Å². The molecule has 0 bridgehead atoms. The first-order valence-corrected chi connectivity index (χ1v) is 7.51. The monoisotopic (exact) mass is 274 g/mol. The van der Waals surface area contributed by atoms with E-state index >= 15 is 0 Å². The van der Waals surface area contributed by atoms with Crippen LogP contribution in [-0.4, -0.2) is 28.1 Å². The molecule has 0 amide bonds. The van der Waals surface area contributed by atoms with E-state index in [1.54, 1.807) is 11.3 Å². The van der Waals surface area contributed by atoms with E-state index in [4.69, 9.17) is 5.11 Å². The van der Waals surface area contributed by atoms with E-state index in [2.05, 4.69) is 40.2 Å². The first kappa shape index (κ1) is 12.8. The first-order valence-electron chi connectivity index (χ1n) is 6.70. The normalized spacial score (nSPS) is 15.4. The van der Waals surface area contributed by atoms with Crippen LogP contribution in [0.2, 0.25) is 0 Å². The summed E-state index contributed by atoms with van der Waals surface area (Å²) in [5.41, 5.74) is 2.60. The summed E-state index contributed by atoms with van der Waals surface area (Å²) in [5, 5.41) is 10.00. The molecule has 0 spiro atoms. The molecule has 1 aliphatic heterocycles. The second kappa shape index (κ2) is 5.82. The van der Waals surface area contributed by atoms with E-state index in [-0.39, 0.29) is 6.61 Å². The third-order valence-corrected chi connectivity index (χ3v) is 4.62. The van der Waals surface area contributed by atoms with E-state index in [1.165, 1.54) is 16.1 Å². The standard InChI is InChI=1S/C15H18N2OS/c18-11-15-16-13-7-9-17(10-14(13)19-15)8-6-12-4-2-1-3-5-12/h1-5,18H,6-11H2. The van der Waals surface area contributed by atoms with Crippen molar-refractivity contribution in [1.29, 1.82) is 0 Å². The Labute approximate surface area is 117 Å². The summed E-state index contributed by atoms with van der Waals surface area (Å²) in [6.45, 7) is 3.23. The Bertz CT molecular complexity index is 538. The van der Waals surface area contributed by atoms with Crippen LogP contribution in [-0.2, 0) is 26.0 Å². The van der Waals surface area contributed by atoms with Gasteiger partial charge in [-0.2, -0.15) is 0 Å². The van der Waals surface area contributed by atoms with E-state index < -0.39 is 0 Å². The number of benzene rings is 1. The zero-order chi connectivity index (χ0) is 13.1. The molecule has 4 heteroatoms.